The van der Waals surface area contributed by atoms with E-state index >= 15 is 0 Å². The molecular weight excluding hydrogens is 368 g/mol. The molecule has 0 aliphatic carbocycles. The van der Waals surface area contributed by atoms with Crippen LogP contribution in [-0.4, -0.2) is 18.4 Å². The Morgan fingerprint density at radius 1 is 1.27 bits per heavy atom. The first-order valence-electron chi connectivity index (χ1n) is 8.52. The van der Waals surface area contributed by atoms with Crippen LogP contribution < -0.4 is 19.5 Å². The van der Waals surface area contributed by atoms with Crippen molar-refractivity contribution in [2.24, 2.45) is 0 Å². The number of rotatable bonds is 8. The van der Waals surface area contributed by atoms with Gasteiger partial charge in [0, 0.05) is 29.8 Å². The minimum Gasteiger partial charge on any atom is -0.493 e. The van der Waals surface area contributed by atoms with Crippen LogP contribution in [0.3, 0.4) is 0 Å². The molecule has 136 valence electrons. The number of nitrogens with zero attached hydrogens (tertiary/aromatic N) is 1. The summed E-state index contributed by atoms with van der Waals surface area (Å²) in [6, 6.07) is 6.24. The molecule has 3 aromatic rings. The standard InChI is InChI=1S/C19H20N2O3S2/c1-2-22-16-9-18-17(23-12-24-18)8-14(16)10-21-15(19-20-4-6-26-19)7-13-3-5-25-11-13/h3-6,8-9,11,15,21H,2,7,10,12H2,1H3/t15-/m0/s1. The van der Waals surface area contributed by atoms with E-state index < -0.39 is 0 Å². The van der Waals surface area contributed by atoms with Crippen molar-refractivity contribution in [1.82, 2.24) is 10.3 Å². The van der Waals surface area contributed by atoms with Crippen molar-refractivity contribution in [3.63, 3.8) is 0 Å². The highest BCUT2D eigenvalue weighted by Gasteiger charge is 2.20. The minimum absolute atomic E-state index is 0.157. The second-order valence-corrected chi connectivity index (χ2v) is 7.59. The lowest BCUT2D eigenvalue weighted by molar-refractivity contribution is 0.173. The predicted molar refractivity (Wildman–Crippen MR) is 103 cm³/mol. The Morgan fingerprint density at radius 2 is 2.15 bits per heavy atom. The predicted octanol–water partition coefficient (Wildman–Crippen LogP) is 4.41. The van der Waals surface area contributed by atoms with Crippen LogP contribution in [-0.2, 0) is 13.0 Å². The van der Waals surface area contributed by atoms with Crippen molar-refractivity contribution in [1.29, 1.82) is 0 Å². The molecule has 0 saturated carbocycles. The zero-order chi connectivity index (χ0) is 17.8. The van der Waals surface area contributed by atoms with Gasteiger partial charge in [-0.15, -0.1) is 11.3 Å². The van der Waals surface area contributed by atoms with Crippen molar-refractivity contribution in [2.75, 3.05) is 13.4 Å². The number of aromatic nitrogens is 1. The van der Waals surface area contributed by atoms with Gasteiger partial charge in [-0.2, -0.15) is 11.3 Å². The molecule has 0 spiro atoms. The van der Waals surface area contributed by atoms with Crippen LogP contribution in [0.4, 0.5) is 0 Å². The summed E-state index contributed by atoms with van der Waals surface area (Å²) in [6.07, 6.45) is 2.76. The van der Waals surface area contributed by atoms with E-state index in [1.807, 2.05) is 30.6 Å². The number of hydrogen-bond donors (Lipinski definition) is 1. The first-order valence-corrected chi connectivity index (χ1v) is 10.3. The monoisotopic (exact) mass is 388 g/mol. The second-order valence-electron chi connectivity index (χ2n) is 5.89. The second kappa shape index (κ2) is 8.07. The molecule has 0 unspecified atom stereocenters. The number of hydrogen-bond acceptors (Lipinski definition) is 7. The van der Waals surface area contributed by atoms with Gasteiger partial charge in [-0.1, -0.05) is 0 Å². The van der Waals surface area contributed by atoms with Gasteiger partial charge in [0.2, 0.25) is 6.79 Å². The van der Waals surface area contributed by atoms with Crippen LogP contribution >= 0.6 is 22.7 Å². The maximum absolute atomic E-state index is 5.80. The molecule has 0 bridgehead atoms. The van der Waals surface area contributed by atoms with E-state index in [9.17, 15) is 0 Å². The molecule has 1 aliphatic rings. The number of nitrogens with one attached hydrogen (secondary N) is 1. The number of thiazole rings is 1. The molecule has 26 heavy (non-hydrogen) atoms. The third-order valence-corrected chi connectivity index (χ3v) is 5.79. The van der Waals surface area contributed by atoms with Crippen LogP contribution in [0.25, 0.3) is 0 Å². The SMILES string of the molecule is CCOc1cc2c(cc1CN[C@@H](Cc1ccsc1)c1nccs1)OCO2. The molecule has 3 heterocycles. The highest BCUT2D eigenvalue weighted by Crippen LogP contribution is 2.38. The van der Waals surface area contributed by atoms with Gasteiger partial charge in [0.25, 0.3) is 0 Å². The van der Waals surface area contributed by atoms with E-state index in [-0.39, 0.29) is 12.8 Å². The third kappa shape index (κ3) is 3.85. The molecule has 1 aromatic carbocycles. The summed E-state index contributed by atoms with van der Waals surface area (Å²) >= 11 is 3.40. The average Bonchev–Trinajstić information content (AvgIpc) is 3.40. The number of benzene rings is 1. The van der Waals surface area contributed by atoms with Gasteiger partial charge in [-0.25, -0.2) is 4.98 Å². The molecule has 0 fully saturated rings. The smallest absolute Gasteiger partial charge is 0.231 e. The van der Waals surface area contributed by atoms with E-state index in [1.165, 1.54) is 5.56 Å². The van der Waals surface area contributed by atoms with Gasteiger partial charge in [0.15, 0.2) is 11.5 Å². The van der Waals surface area contributed by atoms with Crippen molar-refractivity contribution in [2.45, 2.75) is 25.9 Å². The van der Waals surface area contributed by atoms with Crippen LogP contribution in [0.15, 0.2) is 40.5 Å². The zero-order valence-electron chi connectivity index (χ0n) is 14.4. The molecule has 1 aliphatic heterocycles. The highest BCUT2D eigenvalue weighted by molar-refractivity contribution is 7.09. The summed E-state index contributed by atoms with van der Waals surface area (Å²) in [5.41, 5.74) is 2.38. The quantitative estimate of drug-likeness (QED) is 0.620. The van der Waals surface area contributed by atoms with Crippen molar-refractivity contribution in [3.8, 4) is 17.2 Å². The Labute approximate surface area is 160 Å². The summed E-state index contributed by atoms with van der Waals surface area (Å²) in [6.45, 7) is 3.52. The minimum atomic E-state index is 0.157. The Balaban J connectivity index is 1.53. The van der Waals surface area contributed by atoms with Gasteiger partial charge >= 0.3 is 0 Å². The van der Waals surface area contributed by atoms with Gasteiger partial charge in [-0.05, 0) is 41.8 Å². The Hall–Kier alpha value is -2.09. The van der Waals surface area contributed by atoms with E-state index in [0.29, 0.717) is 13.2 Å². The summed E-state index contributed by atoms with van der Waals surface area (Å²) in [7, 11) is 0. The lowest BCUT2D eigenvalue weighted by Crippen LogP contribution is -2.23. The molecule has 2 aromatic heterocycles. The topological polar surface area (TPSA) is 52.6 Å². The van der Waals surface area contributed by atoms with Gasteiger partial charge in [-0.3, -0.25) is 0 Å². The lowest BCUT2D eigenvalue weighted by Gasteiger charge is -2.18. The average molecular weight is 389 g/mol. The van der Waals surface area contributed by atoms with E-state index in [1.54, 1.807) is 22.7 Å². The van der Waals surface area contributed by atoms with E-state index in [2.05, 4.69) is 27.1 Å². The van der Waals surface area contributed by atoms with Gasteiger partial charge in [0.05, 0.1) is 12.6 Å². The maximum atomic E-state index is 5.80. The highest BCUT2D eigenvalue weighted by atomic mass is 32.1. The fourth-order valence-electron chi connectivity index (χ4n) is 2.92. The van der Waals surface area contributed by atoms with Crippen molar-refractivity contribution in [3.05, 3.63) is 56.7 Å². The third-order valence-electron chi connectivity index (χ3n) is 4.16. The summed E-state index contributed by atoms with van der Waals surface area (Å²) < 4.78 is 16.8. The molecule has 5 nitrogen and oxygen atoms in total. The molecule has 0 saturated heterocycles. The zero-order valence-corrected chi connectivity index (χ0v) is 16.1. The van der Waals surface area contributed by atoms with E-state index in [0.717, 1.165) is 34.2 Å². The van der Waals surface area contributed by atoms with Crippen LogP contribution in [0.5, 0.6) is 17.2 Å². The fraction of sp³-hybridized carbons (Fsp3) is 0.316. The lowest BCUT2D eigenvalue weighted by atomic mass is 10.1. The fourth-order valence-corrected chi connectivity index (χ4v) is 4.32. The van der Waals surface area contributed by atoms with Crippen LogP contribution in [0.1, 0.15) is 29.1 Å². The normalized spacial score (nSPS) is 13.7. The first-order chi connectivity index (χ1) is 12.8. The van der Waals surface area contributed by atoms with Gasteiger partial charge < -0.3 is 19.5 Å². The summed E-state index contributed by atoms with van der Waals surface area (Å²) in [5, 5.41) is 11.1. The Morgan fingerprint density at radius 3 is 2.88 bits per heavy atom. The molecule has 0 radical (unpaired) electrons. The first kappa shape index (κ1) is 17.3. The Kier molecular flexibility index (Phi) is 5.38. The number of thiophene rings is 1. The molecule has 1 N–H and O–H groups in total. The summed E-state index contributed by atoms with van der Waals surface area (Å²) in [5.74, 6) is 2.35. The molecule has 0 amide bonds. The van der Waals surface area contributed by atoms with Crippen LogP contribution in [0, 0.1) is 0 Å². The van der Waals surface area contributed by atoms with E-state index in [4.69, 9.17) is 14.2 Å². The Bertz CT molecular complexity index is 835. The molecule has 1 atom stereocenters. The van der Waals surface area contributed by atoms with Crippen molar-refractivity contribution >= 4 is 22.7 Å². The summed E-state index contributed by atoms with van der Waals surface area (Å²) in [4.78, 5) is 4.51. The largest absolute Gasteiger partial charge is 0.493 e. The van der Waals surface area contributed by atoms with Crippen molar-refractivity contribution < 1.29 is 14.2 Å². The maximum Gasteiger partial charge on any atom is 0.231 e. The van der Waals surface area contributed by atoms with Crippen LogP contribution in [0.2, 0.25) is 0 Å². The molecule has 7 heteroatoms. The molecular formula is C19H20N2O3S2. The number of ether oxygens (including phenoxy) is 3. The number of fused-ring (bicyclic) bond motifs is 1. The van der Waals surface area contributed by atoms with Gasteiger partial charge in [0.1, 0.15) is 10.8 Å². The molecule has 4 rings (SSSR count).